The van der Waals surface area contributed by atoms with Gasteiger partial charge in [0.1, 0.15) is 6.04 Å². The smallest absolute Gasteiger partial charge is 0.323 e. The number of amides is 1. The molecule has 0 aromatic heterocycles. The number of nitrogens with two attached hydrogens (primary N) is 1. The Kier molecular flexibility index (Phi) is 6.60. The molecule has 3 atom stereocenters. The third-order valence-corrected chi connectivity index (χ3v) is 3.85. The average Bonchev–Trinajstić information content (AvgIpc) is 2.36. The molecule has 1 saturated heterocycles. The number of carbonyl (C=O) groups is 2. The molecule has 2 N–H and O–H groups in total. The third kappa shape index (κ3) is 5.38. The normalized spacial score (nSPS) is 24.9. The summed E-state index contributed by atoms with van der Waals surface area (Å²) in [4.78, 5) is 24.9. The summed E-state index contributed by atoms with van der Waals surface area (Å²) in [6.45, 7) is 5.14. The summed E-state index contributed by atoms with van der Waals surface area (Å²) >= 11 is 1.35. The van der Waals surface area contributed by atoms with Crippen molar-refractivity contribution in [2.75, 3.05) is 31.7 Å². The molecule has 0 aliphatic carbocycles. The van der Waals surface area contributed by atoms with Crippen LogP contribution in [0.25, 0.3) is 0 Å². The molecule has 0 spiro atoms. The summed E-state index contributed by atoms with van der Waals surface area (Å²) in [6, 6.07) is -0.676. The Morgan fingerprint density at radius 1 is 1.42 bits per heavy atom. The minimum absolute atomic E-state index is 0.0593. The molecule has 0 radical (unpaired) electrons. The van der Waals surface area contributed by atoms with Crippen molar-refractivity contribution in [1.82, 2.24) is 4.90 Å². The van der Waals surface area contributed by atoms with Crippen LogP contribution in [0, 0.1) is 0 Å². The second-order valence-corrected chi connectivity index (χ2v) is 5.73. The Balaban J connectivity index is 2.29. The van der Waals surface area contributed by atoms with Gasteiger partial charge in [0.2, 0.25) is 5.91 Å². The maximum atomic E-state index is 12.0. The van der Waals surface area contributed by atoms with E-state index in [1.807, 2.05) is 13.8 Å². The number of hydrogen-bond acceptors (Lipinski definition) is 6. The molecule has 1 amide bonds. The second kappa shape index (κ2) is 7.72. The van der Waals surface area contributed by atoms with Gasteiger partial charge >= 0.3 is 5.97 Å². The van der Waals surface area contributed by atoms with E-state index in [1.54, 1.807) is 4.90 Å². The van der Waals surface area contributed by atoms with Crippen LogP contribution < -0.4 is 5.73 Å². The highest BCUT2D eigenvalue weighted by atomic mass is 32.2. The SMILES string of the molecule is COC(=O)C(N)CSCC(=O)N1CC(C)OC(C)C1. The van der Waals surface area contributed by atoms with E-state index in [0.29, 0.717) is 24.6 Å². The van der Waals surface area contributed by atoms with Crippen molar-refractivity contribution in [3.8, 4) is 0 Å². The summed E-state index contributed by atoms with van der Waals surface area (Å²) in [5, 5.41) is 0. The molecular formula is C12H22N2O4S. The first-order valence-corrected chi connectivity index (χ1v) is 7.44. The van der Waals surface area contributed by atoms with Crippen LogP contribution in [-0.2, 0) is 19.1 Å². The van der Waals surface area contributed by atoms with Crippen LogP contribution in [0.2, 0.25) is 0 Å². The summed E-state index contributed by atoms with van der Waals surface area (Å²) in [7, 11) is 1.30. The highest BCUT2D eigenvalue weighted by Gasteiger charge is 2.25. The molecule has 7 heteroatoms. The van der Waals surface area contributed by atoms with Crippen LogP contribution in [0.15, 0.2) is 0 Å². The van der Waals surface area contributed by atoms with Crippen molar-refractivity contribution in [3.63, 3.8) is 0 Å². The highest BCUT2D eigenvalue weighted by molar-refractivity contribution is 8.00. The Morgan fingerprint density at radius 2 is 2.00 bits per heavy atom. The maximum absolute atomic E-state index is 12.0. The van der Waals surface area contributed by atoms with Gasteiger partial charge in [-0.2, -0.15) is 0 Å². The predicted octanol–water partition coefficient (Wildman–Crippen LogP) is -0.144. The number of ether oxygens (including phenoxy) is 2. The molecule has 1 rings (SSSR count). The number of esters is 1. The Morgan fingerprint density at radius 3 is 2.53 bits per heavy atom. The van der Waals surface area contributed by atoms with Crippen molar-refractivity contribution < 1.29 is 19.1 Å². The van der Waals surface area contributed by atoms with Crippen LogP contribution in [0.3, 0.4) is 0 Å². The fourth-order valence-corrected chi connectivity index (χ4v) is 2.83. The zero-order valence-electron chi connectivity index (χ0n) is 11.6. The number of rotatable bonds is 5. The van der Waals surface area contributed by atoms with Crippen molar-refractivity contribution in [2.45, 2.75) is 32.1 Å². The quantitative estimate of drug-likeness (QED) is 0.710. The Bertz CT molecular complexity index is 317. The predicted molar refractivity (Wildman–Crippen MR) is 73.9 cm³/mol. The average molecular weight is 290 g/mol. The molecule has 1 heterocycles. The van der Waals surface area contributed by atoms with Gasteiger partial charge in [0.05, 0.1) is 25.1 Å². The molecule has 1 aliphatic heterocycles. The van der Waals surface area contributed by atoms with E-state index in [9.17, 15) is 9.59 Å². The van der Waals surface area contributed by atoms with Crippen LogP contribution in [-0.4, -0.2) is 66.7 Å². The minimum atomic E-state index is -0.676. The molecule has 0 saturated carbocycles. The van der Waals surface area contributed by atoms with E-state index in [0.717, 1.165) is 0 Å². The summed E-state index contributed by atoms with van der Waals surface area (Å²) in [5.41, 5.74) is 5.60. The standard InChI is InChI=1S/C12H22N2O4S/c1-8-4-14(5-9(2)18-8)11(15)7-19-6-10(13)12(16)17-3/h8-10H,4-7,13H2,1-3H3. The molecule has 0 aromatic rings. The van der Waals surface area contributed by atoms with Gasteiger partial charge in [0.15, 0.2) is 0 Å². The van der Waals surface area contributed by atoms with E-state index in [4.69, 9.17) is 10.5 Å². The lowest BCUT2D eigenvalue weighted by molar-refractivity contribution is -0.142. The van der Waals surface area contributed by atoms with Crippen molar-refractivity contribution >= 4 is 23.6 Å². The Labute approximate surface area is 118 Å². The van der Waals surface area contributed by atoms with Crippen molar-refractivity contribution in [1.29, 1.82) is 0 Å². The molecule has 19 heavy (non-hydrogen) atoms. The van der Waals surface area contributed by atoms with E-state index >= 15 is 0 Å². The molecule has 6 nitrogen and oxygen atoms in total. The fourth-order valence-electron chi connectivity index (χ4n) is 1.97. The van der Waals surface area contributed by atoms with Gasteiger partial charge in [-0.3, -0.25) is 9.59 Å². The number of thioether (sulfide) groups is 1. The molecule has 3 unspecified atom stereocenters. The minimum Gasteiger partial charge on any atom is -0.468 e. The van der Waals surface area contributed by atoms with Crippen LogP contribution in [0.5, 0.6) is 0 Å². The van der Waals surface area contributed by atoms with Crippen LogP contribution >= 0.6 is 11.8 Å². The lowest BCUT2D eigenvalue weighted by Crippen LogP contribution is -2.49. The van der Waals surface area contributed by atoms with Gasteiger partial charge in [-0.05, 0) is 13.8 Å². The lowest BCUT2D eigenvalue weighted by atomic mass is 10.2. The number of morpholine rings is 1. The van der Waals surface area contributed by atoms with Gasteiger partial charge in [-0.15, -0.1) is 11.8 Å². The molecule has 1 fully saturated rings. The summed E-state index contributed by atoms with van der Waals surface area (Å²) in [5.74, 6) is 0.315. The van der Waals surface area contributed by atoms with E-state index in [-0.39, 0.29) is 18.1 Å². The fraction of sp³-hybridized carbons (Fsp3) is 0.833. The molecule has 0 bridgehead atoms. The first-order valence-electron chi connectivity index (χ1n) is 6.28. The molecular weight excluding hydrogens is 268 g/mol. The number of nitrogens with zero attached hydrogens (tertiary/aromatic N) is 1. The molecule has 1 aliphatic rings. The number of carbonyl (C=O) groups excluding carboxylic acids is 2. The van der Waals surface area contributed by atoms with E-state index in [2.05, 4.69) is 4.74 Å². The topological polar surface area (TPSA) is 81.9 Å². The monoisotopic (exact) mass is 290 g/mol. The third-order valence-electron chi connectivity index (χ3n) is 2.80. The van der Waals surface area contributed by atoms with Crippen molar-refractivity contribution in [2.24, 2.45) is 5.73 Å². The second-order valence-electron chi connectivity index (χ2n) is 4.70. The van der Waals surface area contributed by atoms with E-state index < -0.39 is 12.0 Å². The van der Waals surface area contributed by atoms with Gasteiger partial charge < -0.3 is 20.1 Å². The maximum Gasteiger partial charge on any atom is 0.323 e. The summed E-state index contributed by atoms with van der Waals surface area (Å²) < 4.78 is 10.1. The summed E-state index contributed by atoms with van der Waals surface area (Å²) in [6.07, 6.45) is 0.130. The van der Waals surface area contributed by atoms with Crippen LogP contribution in [0.1, 0.15) is 13.8 Å². The van der Waals surface area contributed by atoms with Gasteiger partial charge in [0.25, 0.3) is 0 Å². The van der Waals surface area contributed by atoms with E-state index in [1.165, 1.54) is 18.9 Å². The zero-order valence-corrected chi connectivity index (χ0v) is 12.4. The first kappa shape index (κ1) is 16.3. The van der Waals surface area contributed by atoms with Crippen molar-refractivity contribution in [3.05, 3.63) is 0 Å². The highest BCUT2D eigenvalue weighted by Crippen LogP contribution is 2.13. The van der Waals surface area contributed by atoms with Gasteiger partial charge in [-0.25, -0.2) is 0 Å². The largest absolute Gasteiger partial charge is 0.468 e. The van der Waals surface area contributed by atoms with Gasteiger partial charge in [0, 0.05) is 18.8 Å². The zero-order chi connectivity index (χ0) is 14.4. The first-order chi connectivity index (χ1) is 8.93. The Hall–Kier alpha value is -0.790. The van der Waals surface area contributed by atoms with Gasteiger partial charge in [-0.1, -0.05) is 0 Å². The lowest BCUT2D eigenvalue weighted by Gasteiger charge is -2.35. The number of methoxy groups -OCH3 is 1. The number of hydrogen-bond donors (Lipinski definition) is 1. The van der Waals surface area contributed by atoms with Crippen LogP contribution in [0.4, 0.5) is 0 Å². The molecule has 0 aromatic carbocycles. The molecule has 110 valence electrons.